The highest BCUT2D eigenvalue weighted by molar-refractivity contribution is 7.86. The van der Waals surface area contributed by atoms with Gasteiger partial charge in [0.1, 0.15) is 5.82 Å². The summed E-state index contributed by atoms with van der Waals surface area (Å²) in [6, 6.07) is 3.58. The molecule has 0 bridgehead atoms. The standard InChI is InChI=1S/C17H26N6O2S/c1-5-10-22-16(8-9-18-22)14-12-15(20-13(2)19-14)17-7-6-11-23(17)26(24,25)21(3)4/h8-9,12,17H,5-7,10-11H2,1-4H3. The highest BCUT2D eigenvalue weighted by Crippen LogP contribution is 2.35. The van der Waals surface area contributed by atoms with Crippen molar-refractivity contribution in [2.75, 3.05) is 20.6 Å². The van der Waals surface area contributed by atoms with Crippen LogP contribution in [0.4, 0.5) is 0 Å². The number of hydrogen-bond donors (Lipinski definition) is 0. The molecule has 2 aromatic rings. The van der Waals surface area contributed by atoms with Gasteiger partial charge in [0.2, 0.25) is 0 Å². The van der Waals surface area contributed by atoms with Crippen LogP contribution in [0.1, 0.15) is 43.7 Å². The summed E-state index contributed by atoms with van der Waals surface area (Å²) in [7, 11) is -0.361. The SMILES string of the molecule is CCCn1nccc1-c1cc(C2CCCN2S(=O)(=O)N(C)C)nc(C)n1. The molecule has 1 aliphatic heterocycles. The summed E-state index contributed by atoms with van der Waals surface area (Å²) >= 11 is 0. The van der Waals surface area contributed by atoms with Crippen LogP contribution in [-0.2, 0) is 16.8 Å². The molecule has 26 heavy (non-hydrogen) atoms. The van der Waals surface area contributed by atoms with E-state index in [0.717, 1.165) is 42.9 Å². The van der Waals surface area contributed by atoms with E-state index in [9.17, 15) is 8.42 Å². The van der Waals surface area contributed by atoms with E-state index in [1.165, 1.54) is 4.31 Å². The molecule has 0 aromatic carbocycles. The van der Waals surface area contributed by atoms with Crippen LogP contribution >= 0.6 is 0 Å². The van der Waals surface area contributed by atoms with E-state index in [4.69, 9.17) is 0 Å². The van der Waals surface area contributed by atoms with E-state index >= 15 is 0 Å². The molecule has 0 saturated carbocycles. The van der Waals surface area contributed by atoms with E-state index in [1.807, 2.05) is 23.7 Å². The minimum absolute atomic E-state index is 0.259. The summed E-state index contributed by atoms with van der Waals surface area (Å²) in [5, 5.41) is 4.36. The van der Waals surface area contributed by atoms with Crippen LogP contribution in [-0.4, -0.2) is 57.4 Å². The minimum Gasteiger partial charge on any atom is -0.263 e. The molecule has 1 saturated heterocycles. The normalized spacial score (nSPS) is 18.7. The van der Waals surface area contributed by atoms with Gasteiger partial charge >= 0.3 is 0 Å². The molecular weight excluding hydrogens is 352 g/mol. The van der Waals surface area contributed by atoms with Crippen molar-refractivity contribution in [3.05, 3.63) is 29.8 Å². The summed E-state index contributed by atoms with van der Waals surface area (Å²) in [5.74, 6) is 0.635. The van der Waals surface area contributed by atoms with E-state index in [-0.39, 0.29) is 6.04 Å². The smallest absolute Gasteiger partial charge is 0.263 e. The molecule has 8 nitrogen and oxygen atoms in total. The molecule has 0 amide bonds. The number of hydrogen-bond acceptors (Lipinski definition) is 5. The van der Waals surface area contributed by atoms with Gasteiger partial charge in [-0.25, -0.2) is 9.97 Å². The Morgan fingerprint density at radius 2 is 2.08 bits per heavy atom. The number of rotatable bonds is 6. The van der Waals surface area contributed by atoms with Crippen LogP contribution in [0.3, 0.4) is 0 Å². The summed E-state index contributed by atoms with van der Waals surface area (Å²) < 4.78 is 30.0. The number of nitrogens with zero attached hydrogens (tertiary/aromatic N) is 6. The van der Waals surface area contributed by atoms with Crippen molar-refractivity contribution in [3.8, 4) is 11.4 Å². The summed E-state index contributed by atoms with van der Waals surface area (Å²) in [6.45, 7) is 5.26. The fourth-order valence-electron chi connectivity index (χ4n) is 3.35. The van der Waals surface area contributed by atoms with Crippen molar-refractivity contribution < 1.29 is 8.42 Å². The van der Waals surface area contributed by atoms with Gasteiger partial charge in [-0.05, 0) is 38.3 Å². The maximum atomic E-state index is 12.6. The first-order valence-electron chi connectivity index (χ1n) is 8.91. The molecule has 0 N–H and O–H groups in total. The zero-order valence-electron chi connectivity index (χ0n) is 15.8. The van der Waals surface area contributed by atoms with Crippen molar-refractivity contribution in [3.63, 3.8) is 0 Å². The Bertz CT molecular complexity index is 877. The lowest BCUT2D eigenvalue weighted by Gasteiger charge is -2.26. The van der Waals surface area contributed by atoms with Crippen LogP contribution in [0.15, 0.2) is 18.3 Å². The third-order valence-corrected chi connectivity index (χ3v) is 6.53. The molecule has 1 atom stereocenters. The molecular formula is C17H26N6O2S. The van der Waals surface area contributed by atoms with Crippen molar-refractivity contribution in [1.82, 2.24) is 28.4 Å². The quantitative estimate of drug-likeness (QED) is 0.768. The van der Waals surface area contributed by atoms with Crippen LogP contribution in [0, 0.1) is 6.92 Å². The maximum Gasteiger partial charge on any atom is 0.282 e. The van der Waals surface area contributed by atoms with E-state index in [0.29, 0.717) is 12.4 Å². The summed E-state index contributed by atoms with van der Waals surface area (Å²) in [6.07, 6.45) is 4.32. The van der Waals surface area contributed by atoms with Crippen LogP contribution in [0.25, 0.3) is 11.4 Å². The number of aromatic nitrogens is 4. The van der Waals surface area contributed by atoms with Gasteiger partial charge in [0, 0.05) is 33.4 Å². The average Bonchev–Trinajstić information content (AvgIpc) is 3.24. The first kappa shape index (κ1) is 18.9. The Morgan fingerprint density at radius 1 is 1.31 bits per heavy atom. The molecule has 1 unspecified atom stereocenters. The molecule has 0 spiro atoms. The van der Waals surface area contributed by atoms with Crippen molar-refractivity contribution in [2.24, 2.45) is 0 Å². The molecule has 9 heteroatoms. The van der Waals surface area contributed by atoms with Gasteiger partial charge in [0.25, 0.3) is 10.2 Å². The van der Waals surface area contributed by atoms with E-state index < -0.39 is 10.2 Å². The van der Waals surface area contributed by atoms with Crippen LogP contribution < -0.4 is 0 Å². The second-order valence-electron chi connectivity index (χ2n) is 6.72. The lowest BCUT2D eigenvalue weighted by Crippen LogP contribution is -2.39. The molecule has 3 rings (SSSR count). The Labute approximate surface area is 155 Å². The van der Waals surface area contributed by atoms with Gasteiger partial charge in [-0.2, -0.15) is 22.1 Å². The lowest BCUT2D eigenvalue weighted by atomic mass is 10.1. The van der Waals surface area contributed by atoms with E-state index in [1.54, 1.807) is 24.6 Å². The molecule has 0 radical (unpaired) electrons. The highest BCUT2D eigenvalue weighted by atomic mass is 32.2. The largest absolute Gasteiger partial charge is 0.282 e. The third-order valence-electron chi connectivity index (χ3n) is 4.58. The van der Waals surface area contributed by atoms with Crippen molar-refractivity contribution >= 4 is 10.2 Å². The second-order valence-corrected chi connectivity index (χ2v) is 8.82. The van der Waals surface area contributed by atoms with E-state index in [2.05, 4.69) is 22.0 Å². The number of aryl methyl sites for hydroxylation is 2. The maximum absolute atomic E-state index is 12.6. The van der Waals surface area contributed by atoms with Gasteiger partial charge in [-0.1, -0.05) is 6.92 Å². The summed E-state index contributed by atoms with van der Waals surface area (Å²) in [5.41, 5.74) is 2.46. The van der Waals surface area contributed by atoms with Gasteiger partial charge in [-0.15, -0.1) is 0 Å². The minimum atomic E-state index is -3.48. The zero-order chi connectivity index (χ0) is 18.9. The molecule has 1 aliphatic rings. The Kier molecular flexibility index (Phi) is 5.40. The predicted octanol–water partition coefficient (Wildman–Crippen LogP) is 2.00. The fraction of sp³-hybridized carbons (Fsp3) is 0.588. The van der Waals surface area contributed by atoms with Crippen molar-refractivity contribution in [1.29, 1.82) is 0 Å². The monoisotopic (exact) mass is 378 g/mol. The lowest BCUT2D eigenvalue weighted by molar-refractivity contribution is 0.357. The average molecular weight is 379 g/mol. The first-order valence-corrected chi connectivity index (χ1v) is 10.3. The first-order chi connectivity index (χ1) is 12.3. The van der Waals surface area contributed by atoms with Gasteiger partial charge in [0.15, 0.2) is 0 Å². The second kappa shape index (κ2) is 7.42. The predicted molar refractivity (Wildman–Crippen MR) is 99.6 cm³/mol. The molecule has 2 aromatic heterocycles. The highest BCUT2D eigenvalue weighted by Gasteiger charge is 2.37. The van der Waals surface area contributed by atoms with Crippen LogP contribution in [0.5, 0.6) is 0 Å². The Morgan fingerprint density at radius 3 is 2.77 bits per heavy atom. The zero-order valence-corrected chi connectivity index (χ0v) is 16.6. The fourth-order valence-corrected chi connectivity index (χ4v) is 4.67. The molecule has 142 valence electrons. The Hall–Kier alpha value is -1.84. The molecule has 3 heterocycles. The van der Waals surface area contributed by atoms with Gasteiger partial charge in [0.05, 0.1) is 23.1 Å². The Balaban J connectivity index is 2.01. The molecule has 1 fully saturated rings. The van der Waals surface area contributed by atoms with Gasteiger partial charge < -0.3 is 0 Å². The summed E-state index contributed by atoms with van der Waals surface area (Å²) in [4.78, 5) is 9.12. The van der Waals surface area contributed by atoms with Gasteiger partial charge in [-0.3, -0.25) is 4.68 Å². The van der Waals surface area contributed by atoms with Crippen LogP contribution in [0.2, 0.25) is 0 Å². The topological polar surface area (TPSA) is 84.2 Å². The molecule has 0 aliphatic carbocycles. The third kappa shape index (κ3) is 3.51. The van der Waals surface area contributed by atoms with Crippen molar-refractivity contribution in [2.45, 2.75) is 45.7 Å².